The first kappa shape index (κ1) is 13.1. The molecule has 1 nitrogen and oxygen atoms in total. The molecule has 0 saturated carbocycles. The van der Waals surface area contributed by atoms with Crippen molar-refractivity contribution in [1.82, 2.24) is 0 Å². The lowest BCUT2D eigenvalue weighted by atomic mass is 9.98. The second-order valence-corrected chi connectivity index (χ2v) is 4.85. The number of rotatable bonds is 2. The third-order valence-corrected chi connectivity index (χ3v) is 3.26. The maximum Gasteiger partial charge on any atom is 0.127 e. The fourth-order valence-electron chi connectivity index (χ4n) is 1.91. The summed E-state index contributed by atoms with van der Waals surface area (Å²) in [5.74, 6) is -0.361. The van der Waals surface area contributed by atoms with Crippen molar-refractivity contribution in [2.45, 2.75) is 20.0 Å². The lowest BCUT2D eigenvalue weighted by molar-refractivity contribution is 0.220. The lowest BCUT2D eigenvalue weighted by Gasteiger charge is -2.15. The summed E-state index contributed by atoms with van der Waals surface area (Å²) in [6, 6.07) is 10.4. The quantitative estimate of drug-likeness (QED) is 0.863. The van der Waals surface area contributed by atoms with Crippen molar-refractivity contribution in [2.24, 2.45) is 0 Å². The molecular formula is C15H14ClFO. The van der Waals surface area contributed by atoms with Crippen molar-refractivity contribution >= 4 is 11.6 Å². The van der Waals surface area contributed by atoms with E-state index >= 15 is 0 Å². The molecule has 0 heterocycles. The van der Waals surface area contributed by atoms with Gasteiger partial charge < -0.3 is 5.11 Å². The van der Waals surface area contributed by atoms with E-state index in [4.69, 9.17) is 11.6 Å². The first-order chi connectivity index (χ1) is 8.49. The fraction of sp³-hybridized carbons (Fsp3) is 0.200. The molecule has 3 heteroatoms. The highest BCUT2D eigenvalue weighted by atomic mass is 35.5. The highest BCUT2D eigenvalue weighted by Crippen LogP contribution is 2.30. The summed E-state index contributed by atoms with van der Waals surface area (Å²) in [4.78, 5) is 0. The molecule has 0 fully saturated rings. The van der Waals surface area contributed by atoms with Crippen LogP contribution in [0.5, 0.6) is 0 Å². The third-order valence-electron chi connectivity index (χ3n) is 2.93. The number of aryl methyl sites for hydroxylation is 2. The van der Waals surface area contributed by atoms with Gasteiger partial charge in [-0.25, -0.2) is 4.39 Å². The van der Waals surface area contributed by atoms with Crippen LogP contribution in [0.1, 0.15) is 28.4 Å². The third kappa shape index (κ3) is 2.55. The molecule has 0 aromatic heterocycles. The summed E-state index contributed by atoms with van der Waals surface area (Å²) in [7, 11) is 0. The predicted octanol–water partition coefficient (Wildman–Crippen LogP) is 4.18. The van der Waals surface area contributed by atoms with Crippen LogP contribution in [0, 0.1) is 19.7 Å². The summed E-state index contributed by atoms with van der Waals surface area (Å²) >= 11 is 5.99. The van der Waals surface area contributed by atoms with Crippen LogP contribution in [0.4, 0.5) is 4.39 Å². The van der Waals surface area contributed by atoms with Gasteiger partial charge in [0.25, 0.3) is 0 Å². The number of benzene rings is 2. The van der Waals surface area contributed by atoms with Gasteiger partial charge in [-0.05, 0) is 37.1 Å². The highest BCUT2D eigenvalue weighted by molar-refractivity contribution is 6.31. The van der Waals surface area contributed by atoms with E-state index in [1.165, 1.54) is 6.07 Å². The molecular weight excluding hydrogens is 251 g/mol. The molecule has 2 aromatic carbocycles. The minimum absolute atomic E-state index is 0.243. The maximum absolute atomic E-state index is 13.3. The zero-order chi connectivity index (χ0) is 13.3. The van der Waals surface area contributed by atoms with Crippen molar-refractivity contribution in [1.29, 1.82) is 0 Å². The van der Waals surface area contributed by atoms with Crippen molar-refractivity contribution in [3.05, 3.63) is 69.5 Å². The molecule has 0 aliphatic carbocycles. The average Bonchev–Trinajstić information content (AvgIpc) is 2.33. The van der Waals surface area contributed by atoms with Gasteiger partial charge >= 0.3 is 0 Å². The van der Waals surface area contributed by atoms with Crippen molar-refractivity contribution < 1.29 is 9.50 Å². The average molecular weight is 265 g/mol. The van der Waals surface area contributed by atoms with Gasteiger partial charge in [-0.3, -0.25) is 0 Å². The Labute approximate surface area is 111 Å². The van der Waals surface area contributed by atoms with Crippen LogP contribution < -0.4 is 0 Å². The molecule has 0 aliphatic heterocycles. The summed E-state index contributed by atoms with van der Waals surface area (Å²) in [5.41, 5.74) is 2.81. The van der Waals surface area contributed by atoms with Crippen molar-refractivity contribution in [3.63, 3.8) is 0 Å². The Morgan fingerprint density at radius 2 is 1.89 bits per heavy atom. The van der Waals surface area contributed by atoms with Crippen LogP contribution in [0.2, 0.25) is 5.02 Å². The zero-order valence-corrected chi connectivity index (χ0v) is 11.0. The second kappa shape index (κ2) is 5.09. The first-order valence-corrected chi connectivity index (χ1v) is 6.07. The van der Waals surface area contributed by atoms with E-state index in [9.17, 15) is 9.50 Å². The Bertz CT molecular complexity index is 581. The molecule has 1 unspecified atom stereocenters. The van der Waals surface area contributed by atoms with Crippen LogP contribution in [0.15, 0.2) is 36.4 Å². The van der Waals surface area contributed by atoms with E-state index in [-0.39, 0.29) is 10.8 Å². The Morgan fingerprint density at radius 1 is 1.17 bits per heavy atom. The summed E-state index contributed by atoms with van der Waals surface area (Å²) < 4.78 is 13.3. The SMILES string of the molecule is Cc1cccc(C(O)c2cc(C)c(F)cc2Cl)c1. The first-order valence-electron chi connectivity index (χ1n) is 5.69. The van der Waals surface area contributed by atoms with Crippen LogP contribution in [-0.2, 0) is 0 Å². The Balaban J connectivity index is 2.46. The van der Waals surface area contributed by atoms with Crippen LogP contribution in [0.3, 0.4) is 0 Å². The Hall–Kier alpha value is -1.38. The Kier molecular flexibility index (Phi) is 3.69. The second-order valence-electron chi connectivity index (χ2n) is 4.44. The van der Waals surface area contributed by atoms with Crippen LogP contribution in [0.25, 0.3) is 0 Å². The van der Waals surface area contributed by atoms with Gasteiger partial charge in [0.15, 0.2) is 0 Å². The van der Waals surface area contributed by atoms with Gasteiger partial charge in [-0.1, -0.05) is 41.4 Å². The predicted molar refractivity (Wildman–Crippen MR) is 71.4 cm³/mol. The largest absolute Gasteiger partial charge is 0.384 e. The number of hydrogen-bond donors (Lipinski definition) is 1. The molecule has 0 radical (unpaired) electrons. The van der Waals surface area contributed by atoms with E-state index < -0.39 is 6.10 Å². The Morgan fingerprint density at radius 3 is 2.56 bits per heavy atom. The molecule has 18 heavy (non-hydrogen) atoms. The molecule has 1 N–H and O–H groups in total. The smallest absolute Gasteiger partial charge is 0.127 e. The van der Waals surface area contributed by atoms with E-state index in [0.717, 1.165) is 11.1 Å². The number of aliphatic hydroxyl groups is 1. The van der Waals surface area contributed by atoms with Crippen molar-refractivity contribution in [2.75, 3.05) is 0 Å². The fourth-order valence-corrected chi connectivity index (χ4v) is 2.16. The molecule has 0 aliphatic rings. The number of hydrogen-bond acceptors (Lipinski definition) is 1. The van der Waals surface area contributed by atoms with Gasteiger partial charge in [-0.15, -0.1) is 0 Å². The molecule has 0 spiro atoms. The maximum atomic E-state index is 13.3. The molecule has 2 aromatic rings. The molecule has 94 valence electrons. The summed E-state index contributed by atoms with van der Waals surface area (Å²) in [6.45, 7) is 3.60. The minimum atomic E-state index is -0.836. The minimum Gasteiger partial charge on any atom is -0.384 e. The van der Waals surface area contributed by atoms with Gasteiger partial charge in [0.1, 0.15) is 11.9 Å². The standard InChI is InChI=1S/C15H14ClFO/c1-9-4-3-5-11(6-9)15(18)12-7-10(2)14(17)8-13(12)16/h3-8,15,18H,1-2H3. The van der Waals surface area contributed by atoms with E-state index in [1.54, 1.807) is 13.0 Å². The van der Waals surface area contributed by atoms with Gasteiger partial charge in [-0.2, -0.15) is 0 Å². The monoisotopic (exact) mass is 264 g/mol. The summed E-state index contributed by atoms with van der Waals surface area (Å²) in [6.07, 6.45) is -0.836. The van der Waals surface area contributed by atoms with Crippen molar-refractivity contribution in [3.8, 4) is 0 Å². The number of halogens is 2. The topological polar surface area (TPSA) is 20.2 Å². The van der Waals surface area contributed by atoms with Crippen LogP contribution in [-0.4, -0.2) is 5.11 Å². The summed E-state index contributed by atoms with van der Waals surface area (Å²) in [5, 5.41) is 10.5. The molecule has 2 rings (SSSR count). The van der Waals surface area contributed by atoms with Gasteiger partial charge in [0, 0.05) is 10.6 Å². The molecule has 0 saturated heterocycles. The lowest BCUT2D eigenvalue weighted by Crippen LogP contribution is -2.02. The normalized spacial score (nSPS) is 12.5. The van der Waals surface area contributed by atoms with Gasteiger partial charge in [0.2, 0.25) is 0 Å². The number of aliphatic hydroxyl groups excluding tert-OH is 1. The van der Waals surface area contributed by atoms with Gasteiger partial charge in [0.05, 0.1) is 0 Å². The van der Waals surface area contributed by atoms with Crippen LogP contribution >= 0.6 is 11.6 Å². The van der Waals surface area contributed by atoms with E-state index in [1.807, 2.05) is 31.2 Å². The van der Waals surface area contributed by atoms with E-state index in [0.29, 0.717) is 11.1 Å². The highest BCUT2D eigenvalue weighted by Gasteiger charge is 2.16. The molecule has 0 amide bonds. The molecule has 1 atom stereocenters. The van der Waals surface area contributed by atoms with E-state index in [2.05, 4.69) is 0 Å². The zero-order valence-electron chi connectivity index (χ0n) is 10.2. The molecule has 0 bridgehead atoms.